The van der Waals surface area contributed by atoms with E-state index in [0.717, 1.165) is 39.4 Å². The van der Waals surface area contributed by atoms with E-state index < -0.39 is 0 Å². The maximum atomic E-state index is 12.1. The van der Waals surface area contributed by atoms with Crippen LogP contribution in [0.4, 0.5) is 0 Å². The second-order valence-electron chi connectivity index (χ2n) is 4.53. The molecule has 1 heterocycles. The number of benzene rings is 1. The maximum absolute atomic E-state index is 12.1. The van der Waals surface area contributed by atoms with Gasteiger partial charge in [0.05, 0.1) is 10.4 Å². The summed E-state index contributed by atoms with van der Waals surface area (Å²) in [5, 5.41) is 0. The first kappa shape index (κ1) is 15.3. The topological polar surface area (TPSA) is 26.3 Å². The lowest BCUT2D eigenvalue weighted by Crippen LogP contribution is -2.02. The molecular formula is C16H17BrO2S. The molecule has 0 unspecified atom stereocenters. The van der Waals surface area contributed by atoms with Gasteiger partial charge in [-0.15, -0.1) is 11.3 Å². The van der Waals surface area contributed by atoms with Crippen molar-refractivity contribution in [3.8, 4) is 5.75 Å². The summed E-state index contributed by atoms with van der Waals surface area (Å²) < 4.78 is 6.64. The van der Waals surface area contributed by atoms with E-state index in [2.05, 4.69) is 22.9 Å². The van der Waals surface area contributed by atoms with Crippen LogP contribution in [-0.4, -0.2) is 12.4 Å². The van der Waals surface area contributed by atoms with Crippen LogP contribution in [0.2, 0.25) is 0 Å². The maximum Gasteiger partial charge on any atom is 0.168 e. The third kappa shape index (κ3) is 4.46. The molecule has 2 nitrogen and oxygen atoms in total. The van der Waals surface area contributed by atoms with Crippen LogP contribution in [-0.2, 0) is 6.42 Å². The van der Waals surface area contributed by atoms with E-state index in [9.17, 15) is 4.79 Å². The Morgan fingerprint density at radius 3 is 2.55 bits per heavy atom. The first-order chi connectivity index (χ1) is 9.69. The SMILES string of the molecule is CCCCOc1ccc(C(=O)Cc2ccc(Br)s2)cc1. The van der Waals surface area contributed by atoms with Gasteiger partial charge < -0.3 is 4.74 Å². The highest BCUT2D eigenvalue weighted by molar-refractivity contribution is 9.11. The summed E-state index contributed by atoms with van der Waals surface area (Å²) in [7, 11) is 0. The molecule has 0 radical (unpaired) electrons. The minimum absolute atomic E-state index is 0.138. The molecule has 0 aliphatic heterocycles. The monoisotopic (exact) mass is 352 g/mol. The molecule has 0 fully saturated rings. The molecule has 2 rings (SSSR count). The fourth-order valence-corrected chi connectivity index (χ4v) is 3.26. The van der Waals surface area contributed by atoms with E-state index in [-0.39, 0.29) is 5.78 Å². The van der Waals surface area contributed by atoms with Crippen molar-refractivity contribution in [3.05, 3.63) is 50.6 Å². The summed E-state index contributed by atoms with van der Waals surface area (Å²) in [6.07, 6.45) is 2.62. The summed E-state index contributed by atoms with van der Waals surface area (Å²) in [5.74, 6) is 0.966. The average Bonchev–Trinajstić information content (AvgIpc) is 2.85. The summed E-state index contributed by atoms with van der Waals surface area (Å²) in [6, 6.07) is 11.4. The van der Waals surface area contributed by atoms with Crippen LogP contribution < -0.4 is 4.74 Å². The Bertz CT molecular complexity index is 560. The molecule has 1 aromatic carbocycles. The number of hydrogen-bond donors (Lipinski definition) is 0. The normalized spacial score (nSPS) is 10.5. The average molecular weight is 353 g/mol. The van der Waals surface area contributed by atoms with Gasteiger partial charge in [0, 0.05) is 16.9 Å². The summed E-state index contributed by atoms with van der Waals surface area (Å²) >= 11 is 5.01. The molecule has 0 aliphatic carbocycles. The fraction of sp³-hybridized carbons (Fsp3) is 0.312. The number of ketones is 1. The Kier molecular flexibility index (Phi) is 5.80. The molecule has 0 atom stereocenters. The molecule has 0 saturated heterocycles. The molecule has 0 bridgehead atoms. The van der Waals surface area contributed by atoms with Crippen molar-refractivity contribution in [2.45, 2.75) is 26.2 Å². The van der Waals surface area contributed by atoms with Gasteiger partial charge in [-0.1, -0.05) is 13.3 Å². The Labute approximate surface area is 131 Å². The van der Waals surface area contributed by atoms with Gasteiger partial charge in [0.25, 0.3) is 0 Å². The van der Waals surface area contributed by atoms with Crippen LogP contribution in [0.3, 0.4) is 0 Å². The summed E-state index contributed by atoms with van der Waals surface area (Å²) in [4.78, 5) is 13.2. The first-order valence-corrected chi connectivity index (χ1v) is 8.30. The first-order valence-electron chi connectivity index (χ1n) is 6.69. The van der Waals surface area contributed by atoms with Crippen molar-refractivity contribution in [1.29, 1.82) is 0 Å². The highest BCUT2D eigenvalue weighted by Gasteiger charge is 2.09. The second kappa shape index (κ2) is 7.60. The van der Waals surface area contributed by atoms with Gasteiger partial charge in [-0.3, -0.25) is 4.79 Å². The lowest BCUT2D eigenvalue weighted by Gasteiger charge is -2.06. The van der Waals surface area contributed by atoms with E-state index in [1.165, 1.54) is 0 Å². The third-order valence-electron chi connectivity index (χ3n) is 2.91. The molecule has 0 aliphatic rings. The molecule has 4 heteroatoms. The van der Waals surface area contributed by atoms with E-state index in [1.54, 1.807) is 11.3 Å². The second-order valence-corrected chi connectivity index (χ2v) is 7.08. The number of Topliss-reactive ketones (excluding diaryl/α,β-unsaturated/α-hetero) is 1. The minimum Gasteiger partial charge on any atom is -0.494 e. The van der Waals surface area contributed by atoms with Gasteiger partial charge in [-0.05, 0) is 58.7 Å². The zero-order chi connectivity index (χ0) is 14.4. The molecule has 0 N–H and O–H groups in total. The van der Waals surface area contributed by atoms with Crippen LogP contribution >= 0.6 is 27.3 Å². The quantitative estimate of drug-likeness (QED) is 0.510. The van der Waals surface area contributed by atoms with Crippen LogP contribution in [0.15, 0.2) is 40.2 Å². The summed E-state index contributed by atoms with van der Waals surface area (Å²) in [5.41, 5.74) is 0.734. The number of carbonyl (C=O) groups excluding carboxylic acids is 1. The van der Waals surface area contributed by atoms with Crippen molar-refractivity contribution in [1.82, 2.24) is 0 Å². The Hall–Kier alpha value is -1.13. The Morgan fingerprint density at radius 2 is 1.95 bits per heavy atom. The van der Waals surface area contributed by atoms with Gasteiger partial charge in [-0.2, -0.15) is 0 Å². The van der Waals surface area contributed by atoms with Gasteiger partial charge in [-0.25, -0.2) is 0 Å². The predicted molar refractivity (Wildman–Crippen MR) is 86.9 cm³/mol. The molecule has 0 amide bonds. The number of rotatable bonds is 7. The molecule has 106 valence electrons. The molecular weight excluding hydrogens is 336 g/mol. The molecule has 1 aromatic heterocycles. The number of carbonyl (C=O) groups is 1. The predicted octanol–water partition coefficient (Wildman–Crippen LogP) is 5.11. The third-order valence-corrected chi connectivity index (χ3v) is 4.53. The Morgan fingerprint density at radius 1 is 1.20 bits per heavy atom. The highest BCUT2D eigenvalue weighted by atomic mass is 79.9. The molecule has 2 aromatic rings. The molecule has 0 saturated carbocycles. The number of hydrogen-bond acceptors (Lipinski definition) is 3. The highest BCUT2D eigenvalue weighted by Crippen LogP contribution is 2.23. The van der Waals surface area contributed by atoms with E-state index in [0.29, 0.717) is 6.42 Å². The standard InChI is InChI=1S/C16H17BrO2S/c1-2-3-10-19-13-6-4-12(5-7-13)15(18)11-14-8-9-16(17)20-14/h4-9H,2-3,10-11H2,1H3. The van der Waals surface area contributed by atoms with Crippen LogP contribution in [0.1, 0.15) is 35.0 Å². The van der Waals surface area contributed by atoms with Gasteiger partial charge in [0.1, 0.15) is 5.75 Å². The zero-order valence-electron chi connectivity index (χ0n) is 11.4. The van der Waals surface area contributed by atoms with Crippen molar-refractivity contribution >= 4 is 33.0 Å². The largest absolute Gasteiger partial charge is 0.494 e. The van der Waals surface area contributed by atoms with Gasteiger partial charge in [0.2, 0.25) is 0 Å². The lowest BCUT2D eigenvalue weighted by atomic mass is 10.1. The zero-order valence-corrected chi connectivity index (χ0v) is 13.8. The van der Waals surface area contributed by atoms with E-state index in [1.807, 2.05) is 36.4 Å². The number of unbranched alkanes of at least 4 members (excludes halogenated alkanes) is 1. The van der Waals surface area contributed by atoms with Gasteiger partial charge >= 0.3 is 0 Å². The van der Waals surface area contributed by atoms with Crippen molar-refractivity contribution in [3.63, 3.8) is 0 Å². The van der Waals surface area contributed by atoms with Gasteiger partial charge in [0.15, 0.2) is 5.78 Å². The number of thiophene rings is 1. The smallest absolute Gasteiger partial charge is 0.168 e. The van der Waals surface area contributed by atoms with Crippen LogP contribution in [0, 0.1) is 0 Å². The number of halogens is 1. The van der Waals surface area contributed by atoms with Crippen molar-refractivity contribution in [2.75, 3.05) is 6.61 Å². The summed E-state index contributed by atoms with van der Waals surface area (Å²) in [6.45, 7) is 2.86. The van der Waals surface area contributed by atoms with E-state index in [4.69, 9.17) is 4.74 Å². The van der Waals surface area contributed by atoms with Crippen LogP contribution in [0.25, 0.3) is 0 Å². The fourth-order valence-electron chi connectivity index (χ4n) is 1.78. The van der Waals surface area contributed by atoms with Crippen molar-refractivity contribution in [2.24, 2.45) is 0 Å². The van der Waals surface area contributed by atoms with Crippen LogP contribution in [0.5, 0.6) is 5.75 Å². The Balaban J connectivity index is 1.93. The minimum atomic E-state index is 0.138. The van der Waals surface area contributed by atoms with E-state index >= 15 is 0 Å². The molecule has 0 spiro atoms. The lowest BCUT2D eigenvalue weighted by molar-refractivity contribution is 0.0994. The molecule has 20 heavy (non-hydrogen) atoms. The number of ether oxygens (including phenoxy) is 1. The van der Waals surface area contributed by atoms with Crippen molar-refractivity contribution < 1.29 is 9.53 Å².